The first-order chi connectivity index (χ1) is 15.5. The van der Waals surface area contributed by atoms with Crippen molar-refractivity contribution in [2.45, 2.75) is 85.4 Å². The van der Waals surface area contributed by atoms with Crippen LogP contribution in [-0.4, -0.2) is 50.8 Å². The van der Waals surface area contributed by atoms with Crippen molar-refractivity contribution in [2.75, 3.05) is 13.1 Å². The summed E-state index contributed by atoms with van der Waals surface area (Å²) in [5, 5.41) is 23.8. The zero-order valence-electron chi connectivity index (χ0n) is 20.9. The van der Waals surface area contributed by atoms with Crippen LogP contribution in [0.3, 0.4) is 0 Å². The van der Waals surface area contributed by atoms with E-state index < -0.39 is 0 Å². The van der Waals surface area contributed by atoms with E-state index in [1.54, 1.807) is 0 Å². The molecular formula is C23H39N7OS2. The molecule has 33 heavy (non-hydrogen) atoms. The van der Waals surface area contributed by atoms with Crippen LogP contribution in [0.2, 0.25) is 0 Å². The fourth-order valence-electron chi connectivity index (χ4n) is 4.17. The van der Waals surface area contributed by atoms with Crippen LogP contribution < -0.4 is 10.6 Å². The van der Waals surface area contributed by atoms with Gasteiger partial charge in [-0.2, -0.15) is 5.10 Å². The van der Waals surface area contributed by atoms with E-state index in [0.717, 1.165) is 12.3 Å². The Kier molecular flexibility index (Phi) is 10.1. The second-order valence-corrected chi connectivity index (χ2v) is 10.2. The normalized spacial score (nSPS) is 20.2. The van der Waals surface area contributed by atoms with Crippen molar-refractivity contribution < 1.29 is 4.42 Å². The maximum atomic E-state index is 6.25. The first-order valence-corrected chi connectivity index (χ1v) is 12.4. The first-order valence-electron chi connectivity index (χ1n) is 11.5. The molecule has 1 aromatic rings. The molecule has 1 aliphatic heterocycles. The summed E-state index contributed by atoms with van der Waals surface area (Å²) in [4.78, 5) is 2.53. The molecule has 184 valence electrons. The van der Waals surface area contributed by atoms with Crippen LogP contribution in [0.5, 0.6) is 0 Å². The number of likely N-dealkylation sites (tertiary alicyclic amines) is 1. The molecule has 2 heterocycles. The lowest BCUT2D eigenvalue weighted by Gasteiger charge is -2.52. The quantitative estimate of drug-likeness (QED) is 0.183. The Morgan fingerprint density at radius 2 is 1.48 bits per heavy atom. The van der Waals surface area contributed by atoms with Crippen molar-refractivity contribution in [3.8, 4) is 0 Å². The Hall–Kier alpha value is -1.78. The molecule has 0 bridgehead atoms. The van der Waals surface area contributed by atoms with Crippen molar-refractivity contribution in [1.82, 2.24) is 15.5 Å². The molecule has 0 unspecified atom stereocenters. The first kappa shape index (κ1) is 27.5. The Bertz CT molecular complexity index is 900. The molecule has 1 aliphatic rings. The van der Waals surface area contributed by atoms with E-state index in [1.165, 1.54) is 19.3 Å². The maximum Gasteiger partial charge on any atom is 0.180 e. The van der Waals surface area contributed by atoms with Crippen molar-refractivity contribution in [3.63, 3.8) is 0 Å². The Labute approximate surface area is 209 Å². The Morgan fingerprint density at radius 1 is 0.939 bits per heavy atom. The zero-order chi connectivity index (χ0) is 24.6. The van der Waals surface area contributed by atoms with E-state index in [4.69, 9.17) is 4.42 Å². The van der Waals surface area contributed by atoms with Gasteiger partial charge in [-0.1, -0.05) is 0 Å². The smallest absolute Gasteiger partial charge is 0.180 e. The number of amidine groups is 2. The molecule has 1 aromatic heterocycles. The number of rotatable bonds is 8. The number of thiol groups is 2. The molecule has 0 aliphatic carbocycles. The van der Waals surface area contributed by atoms with Crippen molar-refractivity contribution in [2.24, 2.45) is 20.4 Å². The Morgan fingerprint density at radius 3 is 2.03 bits per heavy atom. The second kappa shape index (κ2) is 12.1. The summed E-state index contributed by atoms with van der Waals surface area (Å²) in [6.07, 6.45) is 3.58. The highest BCUT2D eigenvalue weighted by molar-refractivity contribution is 7.97. The van der Waals surface area contributed by atoms with E-state index in [0.29, 0.717) is 40.6 Å². The minimum atomic E-state index is 0.101. The van der Waals surface area contributed by atoms with Gasteiger partial charge in [-0.15, -0.1) is 40.6 Å². The monoisotopic (exact) mass is 493 g/mol. The highest BCUT2D eigenvalue weighted by Gasteiger charge is 2.41. The number of nitrogens with one attached hydrogen (secondary N) is 2. The lowest BCUT2D eigenvalue weighted by molar-refractivity contribution is -0.0384. The van der Waals surface area contributed by atoms with E-state index in [1.807, 2.05) is 32.9 Å². The average molecular weight is 494 g/mol. The molecule has 2 N–H and O–H groups in total. The number of nitrogens with zero attached hydrogens (tertiary/aromatic N) is 5. The number of furan rings is 1. The summed E-state index contributed by atoms with van der Waals surface area (Å²) in [5.41, 5.74) is 1.25. The summed E-state index contributed by atoms with van der Waals surface area (Å²) >= 11 is 8.59. The predicted molar refractivity (Wildman–Crippen MR) is 146 cm³/mol. The third-order valence-electron chi connectivity index (χ3n) is 5.80. The molecule has 0 saturated carbocycles. The molecule has 2 rings (SSSR count). The Balaban J connectivity index is 2.37. The van der Waals surface area contributed by atoms with Gasteiger partial charge in [0.25, 0.3) is 0 Å². The van der Waals surface area contributed by atoms with Crippen LogP contribution >= 0.6 is 25.3 Å². The zero-order valence-corrected chi connectivity index (χ0v) is 22.7. The number of hydrogen-bond donors (Lipinski definition) is 4. The van der Waals surface area contributed by atoms with Crippen LogP contribution in [0, 0.1) is 0 Å². The highest BCUT2D eigenvalue weighted by Crippen LogP contribution is 2.39. The molecule has 0 amide bonds. The highest BCUT2D eigenvalue weighted by atomic mass is 32.1. The molecule has 1 fully saturated rings. The molecule has 1 saturated heterocycles. The summed E-state index contributed by atoms with van der Waals surface area (Å²) in [5.74, 6) is 1.46. The van der Waals surface area contributed by atoms with E-state index >= 15 is 0 Å². The van der Waals surface area contributed by atoms with Crippen LogP contribution in [0.4, 0.5) is 0 Å². The van der Waals surface area contributed by atoms with E-state index in [9.17, 15) is 0 Å². The van der Waals surface area contributed by atoms with Gasteiger partial charge in [-0.05, 0) is 79.9 Å². The van der Waals surface area contributed by atoms with Gasteiger partial charge in [-0.3, -0.25) is 4.90 Å². The van der Waals surface area contributed by atoms with Crippen molar-refractivity contribution in [3.05, 3.63) is 23.7 Å². The van der Waals surface area contributed by atoms with E-state index in [-0.39, 0.29) is 11.1 Å². The molecule has 0 atom stereocenters. The SMILES string of the molecule is CCN/C(S)=N/N=C(/C(C)=N/N=C(\S)NCC)c1ccc(CN2C(C)(C)CCCC2(C)C)o1. The largest absolute Gasteiger partial charge is 0.458 e. The standard InChI is InChI=1S/C23H39N7OS2/c1-8-24-20(32)28-26-16(3)19(27-29-21(33)25-9-2)18-12-11-17(31-18)15-30-22(4,5)13-10-14-23(30,6)7/h11-12H,8-10,13-15H2,1-7H3,(H2,24,28,32)(H2,25,29,33)/b26-16+,27-19-. The lowest BCUT2D eigenvalue weighted by Crippen LogP contribution is -2.57. The van der Waals surface area contributed by atoms with Crippen molar-refractivity contribution >= 4 is 47.0 Å². The maximum absolute atomic E-state index is 6.25. The molecular weight excluding hydrogens is 454 g/mol. The average Bonchev–Trinajstić information content (AvgIpc) is 3.18. The minimum absolute atomic E-state index is 0.101. The van der Waals surface area contributed by atoms with Crippen LogP contribution in [0.15, 0.2) is 37.0 Å². The molecule has 8 nitrogen and oxygen atoms in total. The molecule has 0 radical (unpaired) electrons. The summed E-state index contributed by atoms with van der Waals surface area (Å²) in [6, 6.07) is 3.91. The van der Waals surface area contributed by atoms with Crippen LogP contribution in [0.25, 0.3) is 0 Å². The molecule has 0 aromatic carbocycles. The van der Waals surface area contributed by atoms with Gasteiger partial charge in [0.15, 0.2) is 21.8 Å². The van der Waals surface area contributed by atoms with Gasteiger partial charge < -0.3 is 15.1 Å². The molecule has 10 heteroatoms. The van der Waals surface area contributed by atoms with Gasteiger partial charge in [0, 0.05) is 24.2 Å². The van der Waals surface area contributed by atoms with E-state index in [2.05, 4.69) is 88.9 Å². The summed E-state index contributed by atoms with van der Waals surface area (Å²) in [7, 11) is 0. The van der Waals surface area contributed by atoms with Gasteiger partial charge in [0.05, 0.1) is 12.3 Å². The van der Waals surface area contributed by atoms with Crippen molar-refractivity contribution in [1.29, 1.82) is 0 Å². The third kappa shape index (κ3) is 7.89. The predicted octanol–water partition coefficient (Wildman–Crippen LogP) is 4.69. The fraction of sp³-hybridized carbons (Fsp3) is 0.652. The van der Waals surface area contributed by atoms with Crippen LogP contribution in [-0.2, 0) is 6.54 Å². The summed E-state index contributed by atoms with van der Waals surface area (Å²) in [6.45, 7) is 17.1. The van der Waals surface area contributed by atoms with Gasteiger partial charge in [-0.25, -0.2) is 0 Å². The summed E-state index contributed by atoms with van der Waals surface area (Å²) < 4.78 is 6.25. The fourth-order valence-corrected chi connectivity index (χ4v) is 4.58. The number of piperidine rings is 1. The van der Waals surface area contributed by atoms with Gasteiger partial charge >= 0.3 is 0 Å². The van der Waals surface area contributed by atoms with Gasteiger partial charge in [0.2, 0.25) is 0 Å². The molecule has 0 spiro atoms. The number of hydrogen-bond acceptors (Lipinski definition) is 6. The van der Waals surface area contributed by atoms with Crippen LogP contribution in [0.1, 0.15) is 79.2 Å². The topological polar surface area (TPSA) is 89.9 Å². The third-order valence-corrected chi connectivity index (χ3v) is 6.29. The lowest BCUT2D eigenvalue weighted by atomic mass is 9.80. The second-order valence-electron chi connectivity index (χ2n) is 9.37. The van der Waals surface area contributed by atoms with Gasteiger partial charge in [0.1, 0.15) is 5.76 Å². The minimum Gasteiger partial charge on any atom is -0.458 e.